The van der Waals surface area contributed by atoms with Crippen LogP contribution in [-0.2, 0) is 0 Å². The summed E-state index contributed by atoms with van der Waals surface area (Å²) >= 11 is 9.14. The fourth-order valence-electron chi connectivity index (χ4n) is 1.37. The number of halogens is 2. The van der Waals surface area contributed by atoms with E-state index in [1.165, 1.54) is 6.20 Å². The van der Waals surface area contributed by atoms with E-state index in [0.29, 0.717) is 15.7 Å². The number of pyridine rings is 2. The molecule has 0 aliphatic carbocycles. The zero-order valence-corrected chi connectivity index (χ0v) is 11.8. The van der Waals surface area contributed by atoms with Crippen molar-refractivity contribution >= 4 is 39.1 Å². The molecule has 2 aromatic heterocycles. The van der Waals surface area contributed by atoms with Gasteiger partial charge in [0.2, 0.25) is 0 Å². The first-order valence-corrected chi connectivity index (χ1v) is 6.28. The van der Waals surface area contributed by atoms with Gasteiger partial charge in [0.05, 0.1) is 17.4 Å². The molecule has 0 bridgehead atoms. The van der Waals surface area contributed by atoms with Gasteiger partial charge in [-0.1, -0.05) is 11.6 Å². The number of nitrogens with zero attached hydrogens (tertiary/aromatic N) is 2. The molecule has 2 aromatic rings. The first-order valence-electron chi connectivity index (χ1n) is 5.11. The maximum atomic E-state index is 12.1. The monoisotopic (exact) mass is 325 g/mol. The first kappa shape index (κ1) is 13.0. The van der Waals surface area contributed by atoms with Crippen LogP contribution >= 0.6 is 27.5 Å². The summed E-state index contributed by atoms with van der Waals surface area (Å²) in [5, 5.41) is 2.91. The summed E-state index contributed by atoms with van der Waals surface area (Å²) in [7, 11) is 0. The number of carbonyl (C=O) groups is 1. The summed E-state index contributed by atoms with van der Waals surface area (Å²) in [6, 6.07) is 3.44. The van der Waals surface area contributed by atoms with Gasteiger partial charge in [0.15, 0.2) is 0 Å². The van der Waals surface area contributed by atoms with Crippen molar-refractivity contribution in [3.05, 3.63) is 51.5 Å². The Kier molecular flexibility index (Phi) is 3.93. The lowest BCUT2D eigenvalue weighted by molar-refractivity contribution is 0.102. The molecule has 0 atom stereocenters. The van der Waals surface area contributed by atoms with Crippen LogP contribution in [0.2, 0.25) is 5.15 Å². The van der Waals surface area contributed by atoms with Gasteiger partial charge in [-0.2, -0.15) is 0 Å². The predicted molar refractivity (Wildman–Crippen MR) is 73.9 cm³/mol. The maximum Gasteiger partial charge on any atom is 0.258 e. The average molecular weight is 327 g/mol. The zero-order valence-electron chi connectivity index (χ0n) is 9.45. The van der Waals surface area contributed by atoms with Gasteiger partial charge < -0.3 is 5.32 Å². The van der Waals surface area contributed by atoms with Crippen LogP contribution in [0, 0.1) is 6.92 Å². The summed E-state index contributed by atoms with van der Waals surface area (Å²) in [5.74, 6) is -0.315. The second kappa shape index (κ2) is 5.46. The van der Waals surface area contributed by atoms with E-state index in [2.05, 4.69) is 31.2 Å². The molecule has 1 N–H and O–H groups in total. The van der Waals surface area contributed by atoms with Crippen LogP contribution in [0.1, 0.15) is 15.9 Å². The van der Waals surface area contributed by atoms with Crippen molar-refractivity contribution in [2.75, 3.05) is 5.32 Å². The lowest BCUT2D eigenvalue weighted by atomic mass is 10.2. The van der Waals surface area contributed by atoms with Gasteiger partial charge in [-0.15, -0.1) is 0 Å². The molecule has 6 heteroatoms. The summed E-state index contributed by atoms with van der Waals surface area (Å²) in [6.07, 6.45) is 4.79. The number of aromatic nitrogens is 2. The number of amides is 1. The number of carbonyl (C=O) groups excluding carboxylic acids is 1. The third kappa shape index (κ3) is 2.86. The van der Waals surface area contributed by atoms with Gasteiger partial charge in [0.1, 0.15) is 5.15 Å². The highest BCUT2D eigenvalue weighted by Gasteiger charge is 2.13. The summed E-state index contributed by atoms with van der Waals surface area (Å²) in [4.78, 5) is 19.9. The third-order valence-corrected chi connectivity index (χ3v) is 3.07. The molecule has 0 fully saturated rings. The quantitative estimate of drug-likeness (QED) is 0.860. The molecule has 0 saturated heterocycles. The maximum absolute atomic E-state index is 12.1. The number of rotatable bonds is 2. The summed E-state index contributed by atoms with van der Waals surface area (Å²) < 4.78 is 0.694. The Balaban J connectivity index is 2.28. The molecular formula is C12H9BrClN3O. The molecule has 0 aromatic carbocycles. The highest BCUT2D eigenvalue weighted by atomic mass is 79.9. The topological polar surface area (TPSA) is 54.9 Å². The van der Waals surface area contributed by atoms with Crippen LogP contribution in [0.4, 0.5) is 5.69 Å². The minimum atomic E-state index is -0.315. The van der Waals surface area contributed by atoms with Crippen LogP contribution in [0.5, 0.6) is 0 Å². The lowest BCUT2D eigenvalue weighted by Crippen LogP contribution is -2.14. The molecule has 18 heavy (non-hydrogen) atoms. The minimum Gasteiger partial charge on any atom is -0.320 e. The predicted octanol–water partition coefficient (Wildman–Crippen LogP) is 3.45. The van der Waals surface area contributed by atoms with E-state index in [1.54, 1.807) is 18.5 Å². The SMILES string of the molecule is Cc1ccncc1NC(=O)c1cc(Br)cnc1Cl. The molecule has 0 radical (unpaired) electrons. The Morgan fingerprint density at radius 3 is 2.94 bits per heavy atom. The van der Waals surface area contributed by atoms with Crippen molar-refractivity contribution in [3.63, 3.8) is 0 Å². The number of anilines is 1. The standard InChI is InChI=1S/C12H9BrClN3O/c1-7-2-3-15-6-10(7)17-12(18)9-4-8(13)5-16-11(9)14/h2-6H,1H3,(H,17,18). The summed E-state index contributed by atoms with van der Waals surface area (Å²) in [6.45, 7) is 1.89. The Hall–Kier alpha value is -1.46. The van der Waals surface area contributed by atoms with Crippen molar-refractivity contribution in [1.82, 2.24) is 9.97 Å². The smallest absolute Gasteiger partial charge is 0.258 e. The van der Waals surface area contributed by atoms with Gasteiger partial charge in [-0.25, -0.2) is 4.98 Å². The molecule has 92 valence electrons. The molecule has 0 saturated carbocycles. The van der Waals surface area contributed by atoms with Crippen molar-refractivity contribution in [2.45, 2.75) is 6.92 Å². The second-order valence-electron chi connectivity index (χ2n) is 3.64. The van der Waals surface area contributed by atoms with Gasteiger partial charge in [0, 0.05) is 16.9 Å². The second-order valence-corrected chi connectivity index (χ2v) is 4.91. The lowest BCUT2D eigenvalue weighted by Gasteiger charge is -2.08. The average Bonchev–Trinajstić information content (AvgIpc) is 2.35. The van der Waals surface area contributed by atoms with Crippen molar-refractivity contribution in [3.8, 4) is 0 Å². The van der Waals surface area contributed by atoms with Gasteiger partial charge in [0.25, 0.3) is 5.91 Å². The van der Waals surface area contributed by atoms with E-state index in [9.17, 15) is 4.79 Å². The van der Waals surface area contributed by atoms with E-state index < -0.39 is 0 Å². The molecular weight excluding hydrogens is 318 g/mol. The van der Waals surface area contributed by atoms with E-state index >= 15 is 0 Å². The minimum absolute atomic E-state index is 0.164. The summed E-state index contributed by atoms with van der Waals surface area (Å²) in [5.41, 5.74) is 1.89. The number of nitrogens with one attached hydrogen (secondary N) is 1. The first-order chi connectivity index (χ1) is 8.58. The van der Waals surface area contributed by atoms with Gasteiger partial charge in [-0.05, 0) is 40.5 Å². The van der Waals surface area contributed by atoms with Crippen LogP contribution in [-0.4, -0.2) is 15.9 Å². The molecule has 1 amide bonds. The molecule has 0 aliphatic rings. The Bertz CT molecular complexity index is 604. The molecule has 2 heterocycles. The van der Waals surface area contributed by atoms with Crippen molar-refractivity contribution in [2.24, 2.45) is 0 Å². The Labute approximate surface area is 118 Å². The van der Waals surface area contributed by atoms with Crippen molar-refractivity contribution in [1.29, 1.82) is 0 Å². The molecule has 0 spiro atoms. The fraction of sp³-hybridized carbons (Fsp3) is 0.0833. The van der Waals surface area contributed by atoms with E-state index in [1.807, 2.05) is 13.0 Å². The highest BCUT2D eigenvalue weighted by Crippen LogP contribution is 2.20. The number of aryl methyl sites for hydroxylation is 1. The molecule has 4 nitrogen and oxygen atoms in total. The molecule has 2 rings (SSSR count). The van der Waals surface area contributed by atoms with Gasteiger partial charge in [-0.3, -0.25) is 9.78 Å². The van der Waals surface area contributed by atoms with Gasteiger partial charge >= 0.3 is 0 Å². The van der Waals surface area contributed by atoms with Crippen LogP contribution in [0.3, 0.4) is 0 Å². The third-order valence-electron chi connectivity index (χ3n) is 2.34. The molecule has 0 aliphatic heterocycles. The van der Waals surface area contributed by atoms with Crippen LogP contribution in [0.25, 0.3) is 0 Å². The van der Waals surface area contributed by atoms with E-state index in [-0.39, 0.29) is 11.1 Å². The normalized spacial score (nSPS) is 10.2. The van der Waals surface area contributed by atoms with Crippen molar-refractivity contribution < 1.29 is 4.79 Å². The van der Waals surface area contributed by atoms with Crippen LogP contribution in [0.15, 0.2) is 35.2 Å². The molecule has 0 unspecified atom stereocenters. The number of hydrogen-bond acceptors (Lipinski definition) is 3. The fourth-order valence-corrected chi connectivity index (χ4v) is 1.89. The highest BCUT2D eigenvalue weighted by molar-refractivity contribution is 9.10. The van der Waals surface area contributed by atoms with E-state index in [4.69, 9.17) is 11.6 Å². The zero-order chi connectivity index (χ0) is 13.1. The largest absolute Gasteiger partial charge is 0.320 e. The van der Waals surface area contributed by atoms with Crippen LogP contribution < -0.4 is 5.32 Å². The Morgan fingerprint density at radius 2 is 2.22 bits per heavy atom. The number of hydrogen-bond donors (Lipinski definition) is 1. The Morgan fingerprint density at radius 1 is 1.44 bits per heavy atom. The van der Waals surface area contributed by atoms with E-state index in [0.717, 1.165) is 5.56 Å².